The van der Waals surface area contributed by atoms with E-state index in [0.717, 1.165) is 17.3 Å². The lowest BCUT2D eigenvalue weighted by molar-refractivity contribution is -0.138. The van der Waals surface area contributed by atoms with Crippen molar-refractivity contribution < 1.29 is 28.6 Å². The third-order valence-electron chi connectivity index (χ3n) is 5.16. The number of hydrogen-bond acceptors (Lipinski definition) is 6. The van der Waals surface area contributed by atoms with Gasteiger partial charge in [0.2, 0.25) is 0 Å². The van der Waals surface area contributed by atoms with Gasteiger partial charge in [0.1, 0.15) is 34.5 Å². The lowest BCUT2D eigenvalue weighted by Gasteiger charge is -2.09. The Labute approximate surface area is 225 Å². The van der Waals surface area contributed by atoms with E-state index in [9.17, 15) is 19.1 Å². The lowest BCUT2D eigenvalue weighted by Crippen LogP contribution is -2.14. The van der Waals surface area contributed by atoms with Gasteiger partial charge in [0.05, 0.1) is 16.0 Å². The minimum Gasteiger partial charge on any atom is -0.506 e. The highest BCUT2D eigenvalue weighted by atomic mass is 79.9. The summed E-state index contributed by atoms with van der Waals surface area (Å²) in [4.78, 5) is 29.7. The van der Waals surface area contributed by atoms with Gasteiger partial charge in [0.25, 0.3) is 5.91 Å². The fraction of sp³-hybridized carbons (Fsp3) is 0.107. The summed E-state index contributed by atoms with van der Waals surface area (Å²) in [5.41, 5.74) is 1.73. The number of ether oxygens (including phenoxy) is 2. The minimum atomic E-state index is -0.763. The number of rotatable bonds is 7. The number of aliphatic hydroxyl groups is 1. The first-order valence-electron chi connectivity index (χ1n) is 11.2. The van der Waals surface area contributed by atoms with E-state index in [4.69, 9.17) is 9.47 Å². The number of aliphatic imine (C=N–C) groups is 1. The molecule has 0 unspecified atom stereocenters. The number of carbonyl (C=O) groups excluding carboxylic acids is 2. The molecule has 0 fully saturated rings. The molecule has 0 aliphatic carbocycles. The van der Waals surface area contributed by atoms with Crippen molar-refractivity contribution in [2.75, 3.05) is 6.61 Å². The number of thioether (sulfide) groups is 1. The van der Waals surface area contributed by atoms with Crippen LogP contribution in [0.25, 0.3) is 6.08 Å². The average Bonchev–Trinajstić information content (AvgIpc) is 3.19. The SMILES string of the molecule is CCOC(=O)C1=C(O)/C(=C\c2ccc(OCc3ccc(F)cc3)c(Br)c2)SC1=NC(=O)c1ccccc1. The summed E-state index contributed by atoms with van der Waals surface area (Å²) in [7, 11) is 0. The van der Waals surface area contributed by atoms with E-state index in [1.165, 1.54) is 12.1 Å². The quantitative estimate of drug-likeness (QED) is 0.306. The van der Waals surface area contributed by atoms with Crippen LogP contribution in [0, 0.1) is 5.82 Å². The molecular weight excluding hydrogens is 561 g/mol. The van der Waals surface area contributed by atoms with Gasteiger partial charge in [0, 0.05) is 5.56 Å². The molecule has 0 atom stereocenters. The molecule has 1 aliphatic heterocycles. The summed E-state index contributed by atoms with van der Waals surface area (Å²) in [6, 6.07) is 19.8. The van der Waals surface area contributed by atoms with Crippen LogP contribution in [-0.2, 0) is 16.1 Å². The van der Waals surface area contributed by atoms with Gasteiger partial charge in [-0.3, -0.25) is 4.79 Å². The van der Waals surface area contributed by atoms with Gasteiger partial charge in [-0.15, -0.1) is 0 Å². The zero-order chi connectivity index (χ0) is 26.4. The summed E-state index contributed by atoms with van der Waals surface area (Å²) in [6.45, 7) is 2.01. The van der Waals surface area contributed by atoms with Crippen molar-refractivity contribution in [2.45, 2.75) is 13.5 Å². The Kier molecular flexibility index (Phi) is 8.58. The van der Waals surface area contributed by atoms with E-state index in [0.29, 0.717) is 26.3 Å². The second-order valence-corrected chi connectivity index (χ2v) is 9.63. The highest BCUT2D eigenvalue weighted by Crippen LogP contribution is 2.40. The Balaban J connectivity index is 1.58. The smallest absolute Gasteiger partial charge is 0.344 e. The molecule has 1 aliphatic rings. The number of aliphatic hydroxyl groups excluding tert-OH is 1. The van der Waals surface area contributed by atoms with E-state index < -0.39 is 11.9 Å². The van der Waals surface area contributed by atoms with Crippen molar-refractivity contribution in [3.63, 3.8) is 0 Å². The second-order valence-electron chi connectivity index (χ2n) is 7.75. The first-order chi connectivity index (χ1) is 17.9. The third kappa shape index (κ3) is 6.55. The summed E-state index contributed by atoms with van der Waals surface area (Å²) in [5.74, 6) is -1.34. The molecule has 1 N–H and O–H groups in total. The summed E-state index contributed by atoms with van der Waals surface area (Å²) >= 11 is 4.49. The minimum absolute atomic E-state index is 0.0642. The van der Waals surface area contributed by atoms with E-state index in [2.05, 4.69) is 20.9 Å². The topological polar surface area (TPSA) is 85.2 Å². The van der Waals surface area contributed by atoms with Crippen LogP contribution in [0.1, 0.15) is 28.4 Å². The van der Waals surface area contributed by atoms with Crippen molar-refractivity contribution in [3.8, 4) is 5.75 Å². The van der Waals surface area contributed by atoms with Crippen LogP contribution in [0.5, 0.6) is 5.75 Å². The highest BCUT2D eigenvalue weighted by molar-refractivity contribution is 9.10. The van der Waals surface area contributed by atoms with Gasteiger partial charge in [0.15, 0.2) is 0 Å². The second kappa shape index (κ2) is 12.0. The molecule has 1 amide bonds. The van der Waals surface area contributed by atoms with Gasteiger partial charge in [-0.25, -0.2) is 14.2 Å². The van der Waals surface area contributed by atoms with Crippen molar-refractivity contribution in [2.24, 2.45) is 4.99 Å². The predicted octanol–water partition coefficient (Wildman–Crippen LogP) is 6.87. The molecule has 0 saturated carbocycles. The molecule has 4 rings (SSSR count). The summed E-state index contributed by atoms with van der Waals surface area (Å²) < 4.78 is 24.7. The van der Waals surface area contributed by atoms with Crippen molar-refractivity contribution in [1.82, 2.24) is 0 Å². The number of amides is 1. The molecule has 3 aromatic rings. The molecule has 0 aromatic heterocycles. The third-order valence-corrected chi connectivity index (χ3v) is 6.79. The Morgan fingerprint density at radius 1 is 1.08 bits per heavy atom. The Morgan fingerprint density at radius 3 is 2.49 bits per heavy atom. The largest absolute Gasteiger partial charge is 0.506 e. The molecule has 188 valence electrons. The molecule has 6 nitrogen and oxygen atoms in total. The highest BCUT2D eigenvalue weighted by Gasteiger charge is 2.34. The van der Waals surface area contributed by atoms with Crippen molar-refractivity contribution in [1.29, 1.82) is 0 Å². The monoisotopic (exact) mass is 581 g/mol. The van der Waals surface area contributed by atoms with Crippen molar-refractivity contribution in [3.05, 3.63) is 116 Å². The molecule has 0 spiro atoms. The van der Waals surface area contributed by atoms with E-state index in [1.807, 2.05) is 0 Å². The molecular formula is C28H21BrFNO5S. The molecule has 9 heteroatoms. The number of nitrogens with zero attached hydrogens (tertiary/aromatic N) is 1. The lowest BCUT2D eigenvalue weighted by atomic mass is 10.1. The fourth-order valence-corrected chi connectivity index (χ4v) is 4.87. The van der Waals surface area contributed by atoms with Crippen LogP contribution in [0.3, 0.4) is 0 Å². The number of benzene rings is 3. The molecule has 0 radical (unpaired) electrons. The van der Waals surface area contributed by atoms with Gasteiger partial charge < -0.3 is 14.6 Å². The molecule has 3 aromatic carbocycles. The fourth-order valence-electron chi connectivity index (χ4n) is 3.35. The zero-order valence-corrected chi connectivity index (χ0v) is 22.0. The Hall–Kier alpha value is -3.69. The summed E-state index contributed by atoms with van der Waals surface area (Å²) in [6.07, 6.45) is 1.67. The first kappa shape index (κ1) is 26.4. The van der Waals surface area contributed by atoms with Gasteiger partial charge in [-0.05, 0) is 76.5 Å². The summed E-state index contributed by atoms with van der Waals surface area (Å²) in [5, 5.41) is 10.9. The maximum absolute atomic E-state index is 13.1. The van der Waals surface area contributed by atoms with Crippen LogP contribution < -0.4 is 4.74 Å². The number of esters is 1. The molecule has 1 heterocycles. The van der Waals surface area contributed by atoms with Crippen LogP contribution in [0.4, 0.5) is 4.39 Å². The van der Waals surface area contributed by atoms with E-state index in [-0.39, 0.29) is 35.4 Å². The predicted molar refractivity (Wildman–Crippen MR) is 145 cm³/mol. The maximum Gasteiger partial charge on any atom is 0.344 e. The molecule has 0 saturated heterocycles. The molecule has 0 bridgehead atoms. The zero-order valence-electron chi connectivity index (χ0n) is 19.6. The maximum atomic E-state index is 13.1. The van der Waals surface area contributed by atoms with Gasteiger partial charge in [-0.1, -0.05) is 48.2 Å². The number of hydrogen-bond donors (Lipinski definition) is 1. The van der Waals surface area contributed by atoms with E-state index >= 15 is 0 Å². The van der Waals surface area contributed by atoms with Crippen LogP contribution in [0.15, 0.2) is 98.5 Å². The first-order valence-corrected chi connectivity index (χ1v) is 12.8. The Morgan fingerprint density at radius 2 is 1.81 bits per heavy atom. The normalized spacial score (nSPS) is 15.3. The average molecular weight is 582 g/mol. The van der Waals surface area contributed by atoms with Crippen LogP contribution in [-0.4, -0.2) is 28.6 Å². The molecule has 37 heavy (non-hydrogen) atoms. The number of halogens is 2. The van der Waals surface area contributed by atoms with E-state index in [1.54, 1.807) is 73.7 Å². The van der Waals surface area contributed by atoms with Crippen LogP contribution in [0.2, 0.25) is 0 Å². The van der Waals surface area contributed by atoms with Gasteiger partial charge in [-0.2, -0.15) is 0 Å². The Bertz CT molecular complexity index is 1420. The standard InChI is InChI=1S/C28H21BrFNO5S/c1-2-35-28(34)24-25(32)23(37-27(24)31-26(33)19-6-4-3-5-7-19)15-18-10-13-22(21(29)14-18)36-16-17-8-11-20(30)12-9-17/h3-15,32H,2,16H2,1H3/b23-15+,31-27?. The van der Waals surface area contributed by atoms with Crippen LogP contribution >= 0.6 is 27.7 Å². The van der Waals surface area contributed by atoms with Gasteiger partial charge >= 0.3 is 5.97 Å². The number of carbonyl (C=O) groups is 2. The van der Waals surface area contributed by atoms with Crippen molar-refractivity contribution >= 4 is 50.7 Å².